The highest BCUT2D eigenvalue weighted by Crippen LogP contribution is 2.55. The fraction of sp³-hybridized carbons (Fsp3) is 0.800. The van der Waals surface area contributed by atoms with Gasteiger partial charge in [0.25, 0.3) is 11.8 Å². The Balaban J connectivity index is 2.70. The van der Waals surface area contributed by atoms with Crippen LogP contribution >= 0.6 is 7.82 Å². The summed E-state index contributed by atoms with van der Waals surface area (Å²) in [5.41, 5.74) is -1.60. The molecule has 1 atom stereocenters. The van der Waals surface area contributed by atoms with Gasteiger partial charge < -0.3 is 5.11 Å². The molecule has 0 aliphatic carbocycles. The Morgan fingerprint density at radius 2 is 1.65 bits per heavy atom. The molecule has 11 heteroatoms. The molecule has 0 aromatic rings. The molecule has 0 radical (unpaired) electrons. The number of carbonyl (C=O) groups is 3. The van der Waals surface area contributed by atoms with Crippen LogP contribution in [-0.4, -0.2) is 45.9 Å². The first-order valence-electron chi connectivity index (χ1n) is 8.06. The van der Waals surface area contributed by atoms with Crippen molar-refractivity contribution in [2.75, 3.05) is 6.61 Å². The minimum atomic E-state index is -3.93. The largest absolute Gasteiger partial charge is 0.531 e. The van der Waals surface area contributed by atoms with Gasteiger partial charge in [-0.15, -0.1) is 0 Å². The average molecular weight is 395 g/mol. The van der Waals surface area contributed by atoms with E-state index in [9.17, 15) is 18.9 Å². The Bertz CT molecular complexity index is 585. The first-order valence-corrected chi connectivity index (χ1v) is 9.52. The highest BCUT2D eigenvalue weighted by Gasteiger charge is 2.42. The van der Waals surface area contributed by atoms with Gasteiger partial charge in [-0.2, -0.15) is 0 Å². The summed E-state index contributed by atoms with van der Waals surface area (Å²) >= 11 is 0. The Morgan fingerprint density at radius 1 is 1.15 bits per heavy atom. The molecule has 1 aliphatic heterocycles. The lowest BCUT2D eigenvalue weighted by Crippen LogP contribution is -2.33. The summed E-state index contributed by atoms with van der Waals surface area (Å²) in [7, 11) is -3.93. The van der Waals surface area contributed by atoms with Gasteiger partial charge in [-0.25, -0.2) is 9.36 Å². The van der Waals surface area contributed by atoms with Crippen molar-refractivity contribution < 1.29 is 42.5 Å². The van der Waals surface area contributed by atoms with E-state index in [0.717, 1.165) is 0 Å². The summed E-state index contributed by atoms with van der Waals surface area (Å²) < 4.78 is 29.0. The van der Waals surface area contributed by atoms with Crippen LogP contribution in [0.1, 0.15) is 54.4 Å². The van der Waals surface area contributed by atoms with Crippen molar-refractivity contribution in [1.29, 1.82) is 0 Å². The number of phosphoric acid groups is 1. The van der Waals surface area contributed by atoms with Crippen molar-refractivity contribution in [2.45, 2.75) is 65.6 Å². The maximum atomic E-state index is 12.8. The van der Waals surface area contributed by atoms with Crippen molar-refractivity contribution in [1.82, 2.24) is 5.06 Å². The van der Waals surface area contributed by atoms with Crippen molar-refractivity contribution in [3.8, 4) is 0 Å². The summed E-state index contributed by atoms with van der Waals surface area (Å²) in [5, 5.41) is 8.74. The van der Waals surface area contributed by atoms with Crippen LogP contribution in [0.4, 0.5) is 4.79 Å². The summed E-state index contributed by atoms with van der Waals surface area (Å²) in [6.45, 7) is 9.95. The fourth-order valence-corrected chi connectivity index (χ4v) is 3.93. The van der Waals surface area contributed by atoms with E-state index in [2.05, 4.69) is 4.84 Å². The number of carboxylic acid groups (broad SMARTS) is 1. The number of phosphoric ester groups is 1. The van der Waals surface area contributed by atoms with Crippen molar-refractivity contribution in [3.63, 3.8) is 0 Å². The third-order valence-electron chi connectivity index (χ3n) is 2.85. The quantitative estimate of drug-likeness (QED) is 0.510. The van der Waals surface area contributed by atoms with Gasteiger partial charge in [0.1, 0.15) is 0 Å². The predicted octanol–water partition coefficient (Wildman–Crippen LogP) is 3.12. The van der Waals surface area contributed by atoms with Gasteiger partial charge in [0.2, 0.25) is 0 Å². The van der Waals surface area contributed by atoms with Crippen molar-refractivity contribution in [2.24, 2.45) is 5.92 Å². The van der Waals surface area contributed by atoms with Crippen molar-refractivity contribution >= 4 is 25.8 Å². The second-order valence-electron chi connectivity index (χ2n) is 7.76. The highest BCUT2D eigenvalue weighted by atomic mass is 31.2. The van der Waals surface area contributed by atoms with Gasteiger partial charge in [-0.3, -0.25) is 28.0 Å². The molecule has 0 aromatic carbocycles. The second-order valence-corrected chi connectivity index (χ2v) is 9.28. The van der Waals surface area contributed by atoms with E-state index in [1.54, 1.807) is 41.5 Å². The molecule has 2 amide bonds. The molecule has 10 nitrogen and oxygen atoms in total. The molecule has 1 N–H and O–H groups in total. The fourth-order valence-electron chi connectivity index (χ4n) is 2.12. The number of amides is 2. The van der Waals surface area contributed by atoms with Crippen LogP contribution in [0.15, 0.2) is 0 Å². The summed E-state index contributed by atoms with van der Waals surface area (Å²) in [5.74, 6) is -2.38. The van der Waals surface area contributed by atoms with Gasteiger partial charge >= 0.3 is 14.0 Å². The second kappa shape index (κ2) is 8.04. The maximum absolute atomic E-state index is 12.8. The third-order valence-corrected chi connectivity index (χ3v) is 4.89. The van der Waals surface area contributed by atoms with Gasteiger partial charge in [0, 0.05) is 6.42 Å². The van der Waals surface area contributed by atoms with Crippen LogP contribution in [0.2, 0.25) is 0 Å². The molecule has 1 aliphatic rings. The van der Waals surface area contributed by atoms with Crippen LogP contribution in [0.25, 0.3) is 0 Å². The molecular formula is C15H26NO9P. The number of hydrogen-bond donors (Lipinski definition) is 1. The van der Waals surface area contributed by atoms with E-state index in [0.29, 0.717) is 0 Å². The normalized spacial score (nSPS) is 19.2. The molecule has 1 heterocycles. The molecule has 150 valence electrons. The molecular weight excluding hydrogens is 369 g/mol. The topological polar surface area (TPSA) is 129 Å². The number of imide groups is 1. The number of hydrogen-bond acceptors (Lipinski definition) is 8. The number of hydroxylamine groups is 2. The summed E-state index contributed by atoms with van der Waals surface area (Å²) in [6, 6.07) is 0. The number of carbonyl (C=O) groups excluding carboxylic acids is 2. The molecule has 0 aromatic heterocycles. The van der Waals surface area contributed by atoms with Gasteiger partial charge in [0.15, 0.2) is 0 Å². The highest BCUT2D eigenvalue weighted by molar-refractivity contribution is 7.48. The molecule has 0 spiro atoms. The SMILES string of the molecule is CC(C)(C)OP(=O)(OCCC1CC(=O)N(OC(=O)O)C1=O)OC(C)(C)C. The minimum Gasteiger partial charge on any atom is -0.448 e. The average Bonchev–Trinajstić information content (AvgIpc) is 2.61. The first-order chi connectivity index (χ1) is 11.6. The standard InChI is InChI=1S/C15H26NO9P/c1-14(2,3)24-26(21,25-15(4,5)6)22-8-7-10-9-11(17)16(12(10)18)23-13(19)20/h10H,7-9H2,1-6H3,(H,19,20). The Labute approximate surface area is 152 Å². The van der Waals surface area contributed by atoms with Crippen LogP contribution in [-0.2, 0) is 32.6 Å². The molecule has 0 bridgehead atoms. The molecule has 1 saturated heterocycles. The van der Waals surface area contributed by atoms with Gasteiger partial charge in [-0.05, 0) is 48.0 Å². The van der Waals surface area contributed by atoms with Crippen LogP contribution in [0.5, 0.6) is 0 Å². The minimum absolute atomic E-state index is 0.0229. The zero-order valence-electron chi connectivity index (χ0n) is 15.8. The molecule has 26 heavy (non-hydrogen) atoms. The molecule has 1 rings (SSSR count). The van der Waals surface area contributed by atoms with E-state index in [1.165, 1.54) is 0 Å². The third kappa shape index (κ3) is 7.41. The summed E-state index contributed by atoms with van der Waals surface area (Å²) in [4.78, 5) is 38.3. The lowest BCUT2D eigenvalue weighted by Gasteiger charge is -2.31. The van der Waals surface area contributed by atoms with Crippen molar-refractivity contribution in [3.05, 3.63) is 0 Å². The van der Waals surface area contributed by atoms with Crippen LogP contribution in [0, 0.1) is 5.92 Å². The molecule has 1 fully saturated rings. The van der Waals surface area contributed by atoms with E-state index in [1.807, 2.05) is 0 Å². The van der Waals surface area contributed by atoms with E-state index >= 15 is 0 Å². The zero-order chi connectivity index (χ0) is 20.3. The monoisotopic (exact) mass is 395 g/mol. The van der Waals surface area contributed by atoms with E-state index in [-0.39, 0.29) is 24.5 Å². The Morgan fingerprint density at radius 3 is 2.08 bits per heavy atom. The van der Waals surface area contributed by atoms with Gasteiger partial charge in [0.05, 0.1) is 23.7 Å². The number of nitrogens with zero attached hydrogens (tertiary/aromatic N) is 1. The van der Waals surface area contributed by atoms with Crippen LogP contribution in [0.3, 0.4) is 0 Å². The lowest BCUT2D eigenvalue weighted by molar-refractivity contribution is -0.176. The van der Waals surface area contributed by atoms with E-state index in [4.69, 9.17) is 18.7 Å². The van der Waals surface area contributed by atoms with Gasteiger partial charge in [-0.1, -0.05) is 5.06 Å². The Hall–Kier alpha value is -1.48. The van der Waals surface area contributed by atoms with E-state index < -0.39 is 42.9 Å². The number of rotatable bonds is 7. The maximum Gasteiger partial charge on any atom is 0.531 e. The molecule has 0 saturated carbocycles. The predicted molar refractivity (Wildman–Crippen MR) is 88.9 cm³/mol. The first kappa shape index (κ1) is 22.6. The van der Waals surface area contributed by atoms with Crippen LogP contribution < -0.4 is 0 Å². The summed E-state index contributed by atoms with van der Waals surface area (Å²) in [6.07, 6.45) is -1.96. The Kier molecular flexibility index (Phi) is 6.98. The zero-order valence-corrected chi connectivity index (χ0v) is 16.7. The lowest BCUT2D eigenvalue weighted by atomic mass is 10.1. The smallest absolute Gasteiger partial charge is 0.448 e. The molecule has 1 unspecified atom stereocenters.